The predicted molar refractivity (Wildman–Crippen MR) is 97.2 cm³/mol. The molecule has 0 aromatic heterocycles. The molecule has 0 saturated heterocycles. The molecule has 3 saturated carbocycles. The van der Waals surface area contributed by atoms with E-state index in [2.05, 4.69) is 20.4 Å². The van der Waals surface area contributed by atoms with Gasteiger partial charge in [-0.3, -0.25) is 0 Å². The van der Waals surface area contributed by atoms with Crippen molar-refractivity contribution in [3.05, 3.63) is 12.2 Å². The second-order valence-corrected chi connectivity index (χ2v) is 9.23. The SMILES string of the molecule is C=C1C(N)CC2[C@H](CCN)C([C@@]3(C)CC[C@H](O)C[C@@H]3O)CC[C@]12C. The summed E-state index contributed by atoms with van der Waals surface area (Å²) in [4.78, 5) is 0. The lowest BCUT2D eigenvalue weighted by molar-refractivity contribution is -0.120. The number of nitrogens with two attached hydrogens (primary N) is 2. The van der Waals surface area contributed by atoms with Gasteiger partial charge in [0.2, 0.25) is 0 Å². The van der Waals surface area contributed by atoms with Crippen molar-refractivity contribution in [2.45, 2.75) is 77.0 Å². The molecule has 0 spiro atoms. The van der Waals surface area contributed by atoms with Crippen LogP contribution in [0.2, 0.25) is 0 Å². The molecular formula is C20H36N2O2. The average molecular weight is 337 g/mol. The lowest BCUT2D eigenvalue weighted by atomic mass is 9.50. The molecule has 6 N–H and O–H groups in total. The van der Waals surface area contributed by atoms with E-state index < -0.39 is 6.10 Å². The molecule has 0 radical (unpaired) electrons. The van der Waals surface area contributed by atoms with Gasteiger partial charge in [-0.2, -0.15) is 0 Å². The summed E-state index contributed by atoms with van der Waals surface area (Å²) in [6.45, 7) is 9.60. The number of hydrogen-bond acceptors (Lipinski definition) is 4. The van der Waals surface area contributed by atoms with Crippen LogP contribution in [-0.4, -0.2) is 35.0 Å². The Morgan fingerprint density at radius 1 is 1.12 bits per heavy atom. The molecule has 0 amide bonds. The molecule has 0 aromatic rings. The number of aliphatic hydroxyl groups excluding tert-OH is 2. The van der Waals surface area contributed by atoms with Crippen molar-refractivity contribution in [3.8, 4) is 0 Å². The third kappa shape index (κ3) is 2.66. The van der Waals surface area contributed by atoms with Crippen molar-refractivity contribution < 1.29 is 10.2 Å². The highest BCUT2D eigenvalue weighted by molar-refractivity contribution is 5.26. The van der Waals surface area contributed by atoms with Crippen molar-refractivity contribution in [1.29, 1.82) is 0 Å². The molecule has 4 heteroatoms. The van der Waals surface area contributed by atoms with Crippen LogP contribution in [-0.2, 0) is 0 Å². The second kappa shape index (κ2) is 6.39. The lowest BCUT2D eigenvalue weighted by Gasteiger charge is -2.55. The van der Waals surface area contributed by atoms with Crippen LogP contribution in [0.3, 0.4) is 0 Å². The molecule has 0 bridgehead atoms. The van der Waals surface area contributed by atoms with Gasteiger partial charge in [0.25, 0.3) is 0 Å². The number of fused-ring (bicyclic) bond motifs is 1. The van der Waals surface area contributed by atoms with Crippen LogP contribution in [0, 0.1) is 28.6 Å². The van der Waals surface area contributed by atoms with Crippen LogP contribution in [0.1, 0.15) is 58.8 Å². The summed E-state index contributed by atoms with van der Waals surface area (Å²) in [5, 5.41) is 20.7. The maximum Gasteiger partial charge on any atom is 0.0621 e. The third-order valence-electron chi connectivity index (χ3n) is 8.14. The van der Waals surface area contributed by atoms with Gasteiger partial charge < -0.3 is 21.7 Å². The first kappa shape index (κ1) is 18.4. The average Bonchev–Trinajstić information content (AvgIpc) is 2.76. The molecule has 3 aliphatic rings. The smallest absolute Gasteiger partial charge is 0.0621 e. The van der Waals surface area contributed by atoms with Crippen LogP contribution in [0.4, 0.5) is 0 Å². The van der Waals surface area contributed by atoms with Crippen LogP contribution in [0.15, 0.2) is 12.2 Å². The van der Waals surface area contributed by atoms with Gasteiger partial charge in [-0.25, -0.2) is 0 Å². The zero-order valence-electron chi connectivity index (χ0n) is 15.4. The molecule has 3 unspecified atom stereocenters. The van der Waals surface area contributed by atoms with Gasteiger partial charge in [-0.15, -0.1) is 0 Å². The second-order valence-electron chi connectivity index (χ2n) is 9.23. The number of rotatable bonds is 3. The molecule has 3 rings (SSSR count). The van der Waals surface area contributed by atoms with E-state index in [9.17, 15) is 10.2 Å². The van der Waals surface area contributed by atoms with E-state index in [0.29, 0.717) is 30.7 Å². The normalized spacial score (nSPS) is 52.3. The molecule has 3 fully saturated rings. The van der Waals surface area contributed by atoms with Gasteiger partial charge >= 0.3 is 0 Å². The van der Waals surface area contributed by atoms with E-state index in [1.807, 2.05) is 0 Å². The van der Waals surface area contributed by atoms with Gasteiger partial charge in [-0.1, -0.05) is 26.0 Å². The minimum absolute atomic E-state index is 0.102. The molecule has 0 aliphatic heterocycles. The molecule has 3 aliphatic carbocycles. The molecule has 4 nitrogen and oxygen atoms in total. The number of hydrogen-bond donors (Lipinski definition) is 4. The van der Waals surface area contributed by atoms with Gasteiger partial charge in [0, 0.05) is 6.04 Å². The van der Waals surface area contributed by atoms with Gasteiger partial charge in [0.15, 0.2) is 0 Å². The Morgan fingerprint density at radius 3 is 2.46 bits per heavy atom. The first-order valence-corrected chi connectivity index (χ1v) is 9.75. The van der Waals surface area contributed by atoms with E-state index in [-0.39, 0.29) is 23.0 Å². The van der Waals surface area contributed by atoms with Crippen LogP contribution in [0.25, 0.3) is 0 Å². The minimum Gasteiger partial charge on any atom is -0.393 e. The zero-order valence-corrected chi connectivity index (χ0v) is 15.4. The first-order valence-electron chi connectivity index (χ1n) is 9.75. The standard InChI is InChI=1S/C20H36N2O2/c1-12-17(22)11-16-14(6-9-21)15(5-8-19(12,16)2)20(3)7-4-13(23)10-18(20)24/h13-18,23-24H,1,4-11,21-22H2,2-3H3/t13-,14+,15?,16?,17?,18-,19+,20+/m0/s1. The Balaban J connectivity index is 1.90. The van der Waals surface area contributed by atoms with Crippen LogP contribution in [0.5, 0.6) is 0 Å². The molecular weight excluding hydrogens is 300 g/mol. The summed E-state index contributed by atoms with van der Waals surface area (Å²) in [5.74, 6) is 1.48. The van der Waals surface area contributed by atoms with E-state index in [1.165, 1.54) is 5.57 Å². The fourth-order valence-corrected chi connectivity index (χ4v) is 6.42. The van der Waals surface area contributed by atoms with Gasteiger partial charge in [-0.05, 0) is 80.1 Å². The summed E-state index contributed by atoms with van der Waals surface area (Å²) in [7, 11) is 0. The maximum atomic E-state index is 10.8. The first-order chi connectivity index (χ1) is 11.2. The van der Waals surface area contributed by atoms with Crippen molar-refractivity contribution in [2.24, 2.45) is 40.1 Å². The minimum atomic E-state index is -0.422. The summed E-state index contributed by atoms with van der Waals surface area (Å²) in [6.07, 6.45) is 5.65. The van der Waals surface area contributed by atoms with Gasteiger partial charge in [0.1, 0.15) is 0 Å². The third-order valence-corrected chi connectivity index (χ3v) is 8.14. The summed E-state index contributed by atoms with van der Waals surface area (Å²) < 4.78 is 0. The topological polar surface area (TPSA) is 92.5 Å². The molecule has 24 heavy (non-hydrogen) atoms. The van der Waals surface area contributed by atoms with E-state index >= 15 is 0 Å². The van der Waals surface area contributed by atoms with Crippen molar-refractivity contribution in [1.82, 2.24) is 0 Å². The molecule has 8 atom stereocenters. The van der Waals surface area contributed by atoms with Gasteiger partial charge in [0.05, 0.1) is 12.2 Å². The highest BCUT2D eigenvalue weighted by Crippen LogP contribution is 2.62. The Morgan fingerprint density at radius 2 is 1.83 bits per heavy atom. The highest BCUT2D eigenvalue weighted by atomic mass is 16.3. The fraction of sp³-hybridized carbons (Fsp3) is 0.900. The fourth-order valence-electron chi connectivity index (χ4n) is 6.42. The largest absolute Gasteiger partial charge is 0.393 e. The quantitative estimate of drug-likeness (QED) is 0.594. The summed E-state index contributed by atoms with van der Waals surface area (Å²) in [5.41, 5.74) is 13.6. The van der Waals surface area contributed by atoms with Crippen molar-refractivity contribution in [2.75, 3.05) is 6.54 Å². The van der Waals surface area contributed by atoms with Crippen molar-refractivity contribution in [3.63, 3.8) is 0 Å². The Labute approximate surface area is 146 Å². The maximum absolute atomic E-state index is 10.8. The highest BCUT2D eigenvalue weighted by Gasteiger charge is 2.57. The zero-order chi connectivity index (χ0) is 17.7. The van der Waals surface area contributed by atoms with E-state index in [1.54, 1.807) is 0 Å². The van der Waals surface area contributed by atoms with E-state index in [0.717, 1.165) is 38.5 Å². The molecule has 0 aromatic carbocycles. The molecule has 0 heterocycles. The van der Waals surface area contributed by atoms with E-state index in [4.69, 9.17) is 11.5 Å². The van der Waals surface area contributed by atoms with Crippen molar-refractivity contribution >= 4 is 0 Å². The Kier molecular flexibility index (Phi) is 4.89. The van der Waals surface area contributed by atoms with Crippen LogP contribution >= 0.6 is 0 Å². The Bertz CT molecular complexity index is 496. The number of aliphatic hydroxyl groups is 2. The monoisotopic (exact) mass is 336 g/mol. The lowest BCUT2D eigenvalue weighted by Crippen LogP contribution is -2.52. The predicted octanol–water partition coefficient (Wildman–Crippen LogP) is 2.18. The summed E-state index contributed by atoms with van der Waals surface area (Å²) in [6, 6.07) is 0.102. The Hall–Kier alpha value is -0.420. The van der Waals surface area contributed by atoms with Crippen LogP contribution < -0.4 is 11.5 Å². The molecule has 138 valence electrons. The summed E-state index contributed by atoms with van der Waals surface area (Å²) >= 11 is 0.